The largest absolute Gasteiger partial charge is 0.494 e. The van der Waals surface area contributed by atoms with E-state index in [1.54, 1.807) is 14.2 Å². The second-order valence-electron chi connectivity index (χ2n) is 5.37. The number of guanidine groups is 1. The summed E-state index contributed by atoms with van der Waals surface area (Å²) < 4.78 is 10.7. The van der Waals surface area contributed by atoms with Gasteiger partial charge in [-0.1, -0.05) is 25.5 Å². The van der Waals surface area contributed by atoms with Gasteiger partial charge in [0.1, 0.15) is 5.75 Å². The summed E-state index contributed by atoms with van der Waals surface area (Å²) >= 11 is 0. The molecule has 0 bridgehead atoms. The lowest BCUT2D eigenvalue weighted by atomic mass is 10.1. The minimum Gasteiger partial charge on any atom is -0.494 e. The fourth-order valence-corrected chi connectivity index (χ4v) is 2.06. The molecule has 0 fully saturated rings. The number of hydrogen-bond acceptors (Lipinski definition) is 3. The predicted octanol–water partition coefficient (Wildman–Crippen LogP) is 3.23. The molecule has 138 valence electrons. The molecule has 0 aliphatic rings. The third-order valence-electron chi connectivity index (χ3n) is 3.44. The Balaban J connectivity index is 0.00000529. The summed E-state index contributed by atoms with van der Waals surface area (Å²) in [6.07, 6.45) is 4.18. The minimum atomic E-state index is 0. The van der Waals surface area contributed by atoms with Crippen LogP contribution >= 0.6 is 24.0 Å². The Morgan fingerprint density at radius 2 is 1.75 bits per heavy atom. The fraction of sp³-hybridized carbons (Fsp3) is 0.611. The Bertz CT molecular complexity index is 438. The third kappa shape index (κ3) is 10.7. The summed E-state index contributed by atoms with van der Waals surface area (Å²) in [5.41, 5.74) is 1.29. The van der Waals surface area contributed by atoms with Crippen molar-refractivity contribution in [1.29, 1.82) is 0 Å². The molecule has 5 nitrogen and oxygen atoms in total. The summed E-state index contributed by atoms with van der Waals surface area (Å²) in [6.45, 7) is 5.43. The first-order valence-electron chi connectivity index (χ1n) is 8.45. The van der Waals surface area contributed by atoms with E-state index in [4.69, 9.17) is 9.47 Å². The molecular formula is C18H32IN3O2. The molecule has 0 radical (unpaired) electrons. The van der Waals surface area contributed by atoms with E-state index in [0.29, 0.717) is 0 Å². The van der Waals surface area contributed by atoms with Gasteiger partial charge in [0.25, 0.3) is 0 Å². The summed E-state index contributed by atoms with van der Waals surface area (Å²) in [5, 5.41) is 6.59. The van der Waals surface area contributed by atoms with Crippen molar-refractivity contribution in [3.63, 3.8) is 0 Å². The van der Waals surface area contributed by atoms with Gasteiger partial charge < -0.3 is 20.1 Å². The van der Waals surface area contributed by atoms with E-state index >= 15 is 0 Å². The van der Waals surface area contributed by atoms with E-state index in [1.807, 2.05) is 12.1 Å². The smallest absolute Gasteiger partial charge is 0.190 e. The molecule has 0 unspecified atom stereocenters. The molecule has 1 rings (SSSR count). The maximum Gasteiger partial charge on any atom is 0.190 e. The first-order chi connectivity index (χ1) is 11.3. The highest BCUT2D eigenvalue weighted by Crippen LogP contribution is 2.12. The van der Waals surface area contributed by atoms with Crippen molar-refractivity contribution in [1.82, 2.24) is 10.6 Å². The van der Waals surface area contributed by atoms with Gasteiger partial charge in [-0.25, -0.2) is 0 Å². The normalized spacial score (nSPS) is 10.9. The van der Waals surface area contributed by atoms with E-state index in [2.05, 4.69) is 34.7 Å². The van der Waals surface area contributed by atoms with Crippen molar-refractivity contribution >= 4 is 29.9 Å². The zero-order valence-electron chi connectivity index (χ0n) is 15.1. The van der Waals surface area contributed by atoms with Crippen LogP contribution in [0.15, 0.2) is 29.3 Å². The highest BCUT2D eigenvalue weighted by Gasteiger charge is 1.99. The highest BCUT2D eigenvalue weighted by molar-refractivity contribution is 14.0. The van der Waals surface area contributed by atoms with Crippen molar-refractivity contribution in [2.75, 3.05) is 40.5 Å². The molecule has 0 heterocycles. The second kappa shape index (κ2) is 15.5. The third-order valence-corrected chi connectivity index (χ3v) is 3.44. The summed E-state index contributed by atoms with van der Waals surface area (Å²) in [6, 6.07) is 8.33. The number of rotatable bonds is 11. The number of ether oxygens (including phenoxy) is 2. The van der Waals surface area contributed by atoms with E-state index in [0.717, 1.165) is 63.7 Å². The van der Waals surface area contributed by atoms with Crippen LogP contribution in [0.4, 0.5) is 0 Å². The van der Waals surface area contributed by atoms with Crippen LogP contribution in [0.5, 0.6) is 5.75 Å². The minimum absolute atomic E-state index is 0. The van der Waals surface area contributed by atoms with Crippen LogP contribution in [-0.2, 0) is 11.2 Å². The zero-order valence-corrected chi connectivity index (χ0v) is 17.5. The van der Waals surface area contributed by atoms with Crippen molar-refractivity contribution in [2.24, 2.45) is 4.99 Å². The van der Waals surface area contributed by atoms with Crippen LogP contribution in [0.3, 0.4) is 0 Å². The van der Waals surface area contributed by atoms with Gasteiger partial charge in [0, 0.05) is 33.9 Å². The number of nitrogens with zero attached hydrogens (tertiary/aromatic N) is 1. The average Bonchev–Trinajstić information content (AvgIpc) is 2.58. The Morgan fingerprint density at radius 1 is 1.04 bits per heavy atom. The highest BCUT2D eigenvalue weighted by atomic mass is 127. The molecule has 1 aromatic carbocycles. The molecule has 2 N–H and O–H groups in total. The number of hydrogen-bond donors (Lipinski definition) is 2. The molecule has 0 aliphatic carbocycles. The topological polar surface area (TPSA) is 54.9 Å². The maximum absolute atomic E-state index is 5.67. The molecule has 0 atom stereocenters. The quantitative estimate of drug-likeness (QED) is 0.236. The van der Waals surface area contributed by atoms with Gasteiger partial charge in [-0.05, 0) is 37.0 Å². The van der Waals surface area contributed by atoms with E-state index in [1.165, 1.54) is 5.56 Å². The standard InChI is InChI=1S/C18H31N3O2.HI/c1-4-5-15-23-17-9-7-16(8-10-17)11-13-21-18(19-2)20-12-6-14-22-3;/h7-10H,4-6,11-15H2,1-3H3,(H2,19,20,21);1H. The van der Waals surface area contributed by atoms with Gasteiger partial charge in [-0.15, -0.1) is 24.0 Å². The van der Waals surface area contributed by atoms with Gasteiger partial charge in [0.15, 0.2) is 5.96 Å². The van der Waals surface area contributed by atoms with Gasteiger partial charge in [0.05, 0.1) is 6.61 Å². The molecule has 0 aromatic heterocycles. The number of unbranched alkanes of at least 4 members (excludes halogenated alkanes) is 1. The lowest BCUT2D eigenvalue weighted by Gasteiger charge is -2.12. The molecule has 0 amide bonds. The summed E-state index contributed by atoms with van der Waals surface area (Å²) in [7, 11) is 3.50. The second-order valence-corrected chi connectivity index (χ2v) is 5.37. The number of aliphatic imine (C=N–C) groups is 1. The van der Waals surface area contributed by atoms with Crippen molar-refractivity contribution in [3.05, 3.63) is 29.8 Å². The average molecular weight is 449 g/mol. The molecule has 0 saturated carbocycles. The van der Waals surface area contributed by atoms with Crippen LogP contribution in [0.25, 0.3) is 0 Å². The number of halogens is 1. The lowest BCUT2D eigenvalue weighted by molar-refractivity contribution is 0.195. The lowest BCUT2D eigenvalue weighted by Crippen LogP contribution is -2.38. The monoisotopic (exact) mass is 449 g/mol. The molecule has 0 saturated heterocycles. The van der Waals surface area contributed by atoms with Gasteiger partial charge in [0.2, 0.25) is 0 Å². The Kier molecular flexibility index (Phi) is 14.8. The molecule has 6 heteroatoms. The molecular weight excluding hydrogens is 417 g/mol. The number of benzene rings is 1. The van der Waals surface area contributed by atoms with E-state index in [-0.39, 0.29) is 24.0 Å². The van der Waals surface area contributed by atoms with Crippen LogP contribution in [0, 0.1) is 0 Å². The molecule has 0 aliphatic heterocycles. The van der Waals surface area contributed by atoms with Gasteiger partial charge >= 0.3 is 0 Å². The van der Waals surface area contributed by atoms with Crippen molar-refractivity contribution in [2.45, 2.75) is 32.6 Å². The SMILES string of the molecule is CCCCOc1ccc(CCNC(=NC)NCCCOC)cc1.I. The molecule has 24 heavy (non-hydrogen) atoms. The summed E-state index contributed by atoms with van der Waals surface area (Å²) in [5.74, 6) is 1.78. The first kappa shape index (κ1) is 23.0. The fourth-order valence-electron chi connectivity index (χ4n) is 2.06. The van der Waals surface area contributed by atoms with Crippen LogP contribution in [-0.4, -0.2) is 46.4 Å². The number of nitrogens with one attached hydrogen (secondary N) is 2. The zero-order chi connectivity index (χ0) is 16.8. The number of methoxy groups -OCH3 is 1. The Morgan fingerprint density at radius 3 is 2.38 bits per heavy atom. The molecule has 0 spiro atoms. The van der Waals surface area contributed by atoms with E-state index in [9.17, 15) is 0 Å². The first-order valence-corrected chi connectivity index (χ1v) is 8.45. The molecule has 1 aromatic rings. The van der Waals surface area contributed by atoms with Crippen LogP contribution in [0.2, 0.25) is 0 Å². The van der Waals surface area contributed by atoms with Gasteiger partial charge in [-0.3, -0.25) is 4.99 Å². The van der Waals surface area contributed by atoms with Crippen molar-refractivity contribution in [3.8, 4) is 5.75 Å². The van der Waals surface area contributed by atoms with E-state index < -0.39 is 0 Å². The van der Waals surface area contributed by atoms with Crippen molar-refractivity contribution < 1.29 is 9.47 Å². The summed E-state index contributed by atoms with van der Waals surface area (Å²) in [4.78, 5) is 4.21. The van der Waals surface area contributed by atoms with Crippen LogP contribution < -0.4 is 15.4 Å². The maximum atomic E-state index is 5.67. The Hall–Kier alpha value is -1.02. The Labute approximate surface area is 163 Å². The predicted molar refractivity (Wildman–Crippen MR) is 112 cm³/mol. The van der Waals surface area contributed by atoms with Gasteiger partial charge in [-0.2, -0.15) is 0 Å². The van der Waals surface area contributed by atoms with Crippen LogP contribution in [0.1, 0.15) is 31.7 Å².